The fraction of sp³-hybridized carbons (Fsp3) is 0.810. The largest absolute Gasteiger partial charge is 0.462 e. The van der Waals surface area contributed by atoms with Gasteiger partial charge in [-0.2, -0.15) is 0 Å². The van der Waals surface area contributed by atoms with E-state index in [1.165, 1.54) is 5.57 Å². The Balaban J connectivity index is 1.20. The predicted molar refractivity (Wildman–Crippen MR) is 195 cm³/mol. The van der Waals surface area contributed by atoms with Crippen molar-refractivity contribution < 1.29 is 47.5 Å². The van der Waals surface area contributed by atoms with Gasteiger partial charge < -0.3 is 37.9 Å². The van der Waals surface area contributed by atoms with E-state index < -0.39 is 12.4 Å². The molecule has 0 aromatic heterocycles. The maximum atomic E-state index is 14.6. The molecule has 1 saturated carbocycles. The van der Waals surface area contributed by atoms with Gasteiger partial charge in [0.2, 0.25) is 0 Å². The molecule has 0 aromatic rings. The number of hydrogen-bond acceptors (Lipinski definition) is 10. The van der Waals surface area contributed by atoms with Gasteiger partial charge >= 0.3 is 5.97 Å². The van der Waals surface area contributed by atoms with Gasteiger partial charge in [0.1, 0.15) is 24.4 Å². The van der Waals surface area contributed by atoms with Gasteiger partial charge in [0, 0.05) is 39.1 Å². The molecule has 0 bridgehead atoms. The highest BCUT2D eigenvalue weighted by atomic mass is 16.7. The summed E-state index contributed by atoms with van der Waals surface area (Å²) in [6.07, 6.45) is 13.1. The number of carbonyl (C=O) groups is 2. The molecule has 3 heterocycles. The first-order valence-electron chi connectivity index (χ1n) is 20.0. The van der Waals surface area contributed by atoms with Crippen LogP contribution in [0, 0.1) is 41.4 Å². The summed E-state index contributed by atoms with van der Waals surface area (Å²) in [6.45, 7) is 10.9. The smallest absolute Gasteiger partial charge is 0.306 e. The maximum Gasteiger partial charge on any atom is 0.306 e. The Morgan fingerprint density at radius 2 is 1.69 bits per heavy atom. The third-order valence-corrected chi connectivity index (χ3v) is 13.3. The van der Waals surface area contributed by atoms with E-state index in [0.717, 1.165) is 50.5 Å². The topological polar surface area (TPSA) is 108 Å². The van der Waals surface area contributed by atoms with E-state index >= 15 is 0 Å². The number of hydrogen-bond donors (Lipinski definition) is 0. The summed E-state index contributed by atoms with van der Waals surface area (Å²) < 4.78 is 49.4. The van der Waals surface area contributed by atoms with Gasteiger partial charge in [-0.1, -0.05) is 43.7 Å². The molecule has 6 rings (SSSR count). The van der Waals surface area contributed by atoms with Crippen molar-refractivity contribution in [3.63, 3.8) is 0 Å². The molecule has 6 aliphatic rings. The minimum absolute atomic E-state index is 0.0487. The van der Waals surface area contributed by atoms with Gasteiger partial charge in [-0.3, -0.25) is 9.59 Å². The van der Waals surface area contributed by atoms with Crippen molar-refractivity contribution in [3.05, 3.63) is 35.5 Å². The highest BCUT2D eigenvalue weighted by Gasteiger charge is 2.52. The molecule has 16 atom stereocenters. The molecule has 52 heavy (non-hydrogen) atoms. The fourth-order valence-corrected chi connectivity index (χ4v) is 10.1. The molecule has 0 spiro atoms. The average molecular weight is 729 g/mol. The summed E-state index contributed by atoms with van der Waals surface area (Å²) in [7, 11) is 4.97. The molecular weight excluding hydrogens is 664 g/mol. The number of rotatable bonds is 9. The number of ketones is 1. The van der Waals surface area contributed by atoms with E-state index in [4.69, 9.17) is 37.9 Å². The lowest BCUT2D eigenvalue weighted by Gasteiger charge is -2.44. The van der Waals surface area contributed by atoms with Crippen LogP contribution in [0.2, 0.25) is 0 Å². The molecule has 0 amide bonds. The van der Waals surface area contributed by atoms with Gasteiger partial charge in [0.25, 0.3) is 0 Å². The van der Waals surface area contributed by atoms with Crippen LogP contribution in [-0.2, 0) is 47.5 Å². The van der Waals surface area contributed by atoms with Gasteiger partial charge in [0.15, 0.2) is 18.4 Å². The third-order valence-electron chi connectivity index (χ3n) is 13.3. The lowest BCUT2D eigenvalue weighted by Crippen LogP contribution is -2.59. The Morgan fingerprint density at radius 1 is 0.923 bits per heavy atom. The van der Waals surface area contributed by atoms with Crippen molar-refractivity contribution in [1.29, 1.82) is 0 Å². The molecule has 3 aliphatic heterocycles. The van der Waals surface area contributed by atoms with E-state index in [-0.39, 0.29) is 90.7 Å². The van der Waals surface area contributed by atoms with Crippen molar-refractivity contribution in [2.45, 2.75) is 148 Å². The number of methoxy groups -OCH3 is 3. The van der Waals surface area contributed by atoms with Crippen LogP contribution in [0.25, 0.3) is 0 Å². The highest BCUT2D eigenvalue weighted by molar-refractivity contribution is 5.99. The van der Waals surface area contributed by atoms with Crippen LogP contribution in [0.3, 0.4) is 0 Å². The lowest BCUT2D eigenvalue weighted by atomic mass is 9.70. The molecule has 10 nitrogen and oxygen atoms in total. The molecule has 292 valence electrons. The molecule has 0 radical (unpaired) electrons. The normalized spacial score (nSPS) is 44.5. The third kappa shape index (κ3) is 8.33. The summed E-state index contributed by atoms with van der Waals surface area (Å²) in [5.74, 6) is 0.458. The number of allylic oxidation sites excluding steroid dienone is 5. The van der Waals surface area contributed by atoms with Gasteiger partial charge in [0.05, 0.1) is 31.3 Å². The van der Waals surface area contributed by atoms with Crippen molar-refractivity contribution in [2.24, 2.45) is 41.4 Å². The van der Waals surface area contributed by atoms with Crippen molar-refractivity contribution in [2.75, 3.05) is 27.9 Å². The molecule has 0 N–H and O–H groups in total. The first-order valence-corrected chi connectivity index (χ1v) is 20.0. The zero-order valence-corrected chi connectivity index (χ0v) is 32.7. The molecule has 3 saturated heterocycles. The summed E-state index contributed by atoms with van der Waals surface area (Å²) in [6, 6.07) is 0. The number of ether oxygens (including phenoxy) is 8. The van der Waals surface area contributed by atoms with Crippen LogP contribution in [0.15, 0.2) is 35.5 Å². The van der Waals surface area contributed by atoms with Crippen molar-refractivity contribution in [3.8, 4) is 0 Å². The molecular formula is C42H64O10. The highest BCUT2D eigenvalue weighted by Crippen LogP contribution is 2.54. The molecule has 0 aromatic carbocycles. The Bertz CT molecular complexity index is 1320. The number of fused-ring (bicyclic) bond motifs is 5. The number of cyclic esters (lactones) is 1. The Morgan fingerprint density at radius 3 is 2.37 bits per heavy atom. The number of carbonyl (C=O) groups excluding carboxylic acids is 2. The second-order valence-electron chi connectivity index (χ2n) is 16.2. The SMILES string of the molecule is C/C=C(\C)[C@H]1CCC(O[C@H]2CCC[C@H](CC)OC(=O)C[C@@H]3C(=C[C@@H]4[C@H]3C=C[C@@H]3C[C@@H](O[C@@H]5O[C@@H](C)[C@H](OC)[C@@H](OC)[C@H]5OC)C[C@@H]43)C(=O)[C@@H]2C)OC1. The molecule has 10 heteroatoms. The standard InChI is InChI=1S/C42H64O10/c1-9-23(3)27-15-17-37(48-22-27)52-35-13-11-12-28(10-2)50-36(43)21-33-30-16-14-26-18-29(19-31(26)32(30)20-34(33)38(44)24(35)4)51-42-41(47-8)40(46-7)39(45-6)25(5)49-42/h9,14,16,20,24-33,35,37,39-42H,10-13,15,17-19,21-22H2,1-8H3/b23-9+/t24-,25+,26-,27+,28+,29-,30-,31-,32-,33+,35+,37?,39+,40-,41-,42+/m1/s1. The summed E-state index contributed by atoms with van der Waals surface area (Å²) in [5.41, 5.74) is 2.11. The van der Waals surface area contributed by atoms with Crippen LogP contribution in [-0.4, -0.2) is 95.0 Å². The molecule has 1 unspecified atom stereocenters. The Labute approximate surface area is 311 Å². The Kier molecular flexibility index (Phi) is 13.5. The van der Waals surface area contributed by atoms with Crippen LogP contribution in [0.4, 0.5) is 0 Å². The number of esters is 1. The van der Waals surface area contributed by atoms with E-state index in [2.05, 4.69) is 45.1 Å². The van der Waals surface area contributed by atoms with Crippen molar-refractivity contribution in [1.82, 2.24) is 0 Å². The van der Waals surface area contributed by atoms with Crippen LogP contribution in [0.1, 0.15) is 92.4 Å². The van der Waals surface area contributed by atoms with Gasteiger partial charge in [-0.05, 0) is 101 Å². The maximum absolute atomic E-state index is 14.6. The molecule has 4 fully saturated rings. The summed E-state index contributed by atoms with van der Waals surface area (Å²) in [5, 5.41) is 0. The first-order chi connectivity index (χ1) is 25.1. The second-order valence-corrected chi connectivity index (χ2v) is 16.2. The van der Waals surface area contributed by atoms with Gasteiger partial charge in [-0.25, -0.2) is 0 Å². The van der Waals surface area contributed by atoms with Gasteiger partial charge in [-0.15, -0.1) is 0 Å². The predicted octanol–water partition coefficient (Wildman–Crippen LogP) is 6.75. The molecule has 3 aliphatic carbocycles. The number of Topliss-reactive ketones (excluding diaryl/α,β-unsaturated/α-hetero) is 1. The van der Waals surface area contributed by atoms with Crippen LogP contribution in [0.5, 0.6) is 0 Å². The fourth-order valence-electron chi connectivity index (χ4n) is 10.1. The zero-order valence-electron chi connectivity index (χ0n) is 32.7. The Hall–Kier alpha value is -1.92. The second kappa shape index (κ2) is 17.7. The first kappa shape index (κ1) is 39.8. The van der Waals surface area contributed by atoms with Crippen LogP contribution >= 0.6 is 0 Å². The minimum Gasteiger partial charge on any atom is -0.462 e. The lowest BCUT2D eigenvalue weighted by molar-refractivity contribution is -0.314. The quantitative estimate of drug-likeness (QED) is 0.187. The summed E-state index contributed by atoms with van der Waals surface area (Å²) in [4.78, 5) is 28.1. The monoisotopic (exact) mass is 728 g/mol. The zero-order chi connectivity index (χ0) is 37.1. The van der Waals surface area contributed by atoms with Crippen molar-refractivity contribution >= 4 is 11.8 Å². The van der Waals surface area contributed by atoms with E-state index in [9.17, 15) is 9.59 Å². The minimum atomic E-state index is -0.593. The van der Waals surface area contributed by atoms with E-state index in [1.54, 1.807) is 21.3 Å². The van der Waals surface area contributed by atoms with Crippen LogP contribution < -0.4 is 0 Å². The summed E-state index contributed by atoms with van der Waals surface area (Å²) >= 11 is 0. The van der Waals surface area contributed by atoms with E-state index in [1.807, 2.05) is 13.8 Å². The van der Waals surface area contributed by atoms with E-state index in [0.29, 0.717) is 24.9 Å². The average Bonchev–Trinajstić information content (AvgIpc) is 3.73.